The van der Waals surface area contributed by atoms with Crippen LogP contribution in [0, 0.1) is 18.8 Å². The highest BCUT2D eigenvalue weighted by Crippen LogP contribution is 2.29. The second-order valence-electron chi connectivity index (χ2n) is 4.16. The van der Waals surface area contributed by atoms with E-state index < -0.39 is 0 Å². The van der Waals surface area contributed by atoms with Gasteiger partial charge in [0.05, 0.1) is 6.54 Å². The van der Waals surface area contributed by atoms with Gasteiger partial charge in [-0.25, -0.2) is 0 Å². The van der Waals surface area contributed by atoms with E-state index in [1.165, 1.54) is 0 Å². The van der Waals surface area contributed by atoms with Crippen LogP contribution in [0.1, 0.15) is 24.3 Å². The summed E-state index contributed by atoms with van der Waals surface area (Å²) >= 11 is 0. The van der Waals surface area contributed by atoms with E-state index in [4.69, 9.17) is 10.2 Å². The molecule has 0 amide bonds. The Morgan fingerprint density at radius 2 is 2.17 bits per heavy atom. The molecular weight excluding hydrogens is 224 g/mol. The molecule has 94 valence electrons. The minimum atomic E-state index is 0.0782. The molecule has 0 aliphatic rings. The van der Waals surface area contributed by atoms with Gasteiger partial charge in [0.2, 0.25) is 0 Å². The number of furan rings is 1. The lowest BCUT2D eigenvalue weighted by Crippen LogP contribution is -2.28. The van der Waals surface area contributed by atoms with Crippen molar-refractivity contribution in [1.29, 1.82) is 0 Å². The first kappa shape index (κ1) is 12.7. The average molecular weight is 242 g/mol. The molecule has 1 aromatic heterocycles. The highest BCUT2D eigenvalue weighted by Gasteiger charge is 2.18. The van der Waals surface area contributed by atoms with Crippen molar-refractivity contribution in [3.05, 3.63) is 35.6 Å². The van der Waals surface area contributed by atoms with E-state index >= 15 is 0 Å². The minimum Gasteiger partial charge on any atom is -0.461 e. The van der Waals surface area contributed by atoms with Crippen molar-refractivity contribution in [2.24, 2.45) is 5.73 Å². The summed E-state index contributed by atoms with van der Waals surface area (Å²) in [6, 6.07) is 8.11. The number of hydrogen-bond acceptors (Lipinski definition) is 3. The van der Waals surface area contributed by atoms with E-state index in [-0.39, 0.29) is 6.04 Å². The third-order valence-electron chi connectivity index (χ3n) is 3.02. The molecule has 1 aromatic carbocycles. The Labute approximate surface area is 107 Å². The Hall–Kier alpha value is -1.76. The summed E-state index contributed by atoms with van der Waals surface area (Å²) in [5.74, 6) is 6.78. The molecule has 3 nitrogen and oxygen atoms in total. The smallest absolute Gasteiger partial charge is 0.134 e. The standard InChI is InChI=1S/C15H18N2O/c1-3-4-9-17-13(10-16)15-11(2)18-14-8-6-5-7-12(14)15/h5-8,13,17H,9-10,16H2,1-2H3. The first-order valence-corrected chi connectivity index (χ1v) is 6.09. The monoisotopic (exact) mass is 242 g/mol. The van der Waals surface area contributed by atoms with Gasteiger partial charge < -0.3 is 10.2 Å². The zero-order valence-electron chi connectivity index (χ0n) is 10.8. The molecule has 0 aliphatic carbocycles. The van der Waals surface area contributed by atoms with Crippen LogP contribution in [0.5, 0.6) is 0 Å². The van der Waals surface area contributed by atoms with Crippen LogP contribution in [0.3, 0.4) is 0 Å². The zero-order valence-corrected chi connectivity index (χ0v) is 10.8. The lowest BCUT2D eigenvalue weighted by atomic mass is 10.0. The molecule has 0 saturated heterocycles. The van der Waals surface area contributed by atoms with E-state index in [1.54, 1.807) is 0 Å². The summed E-state index contributed by atoms with van der Waals surface area (Å²) in [6.45, 7) is 4.97. The van der Waals surface area contributed by atoms with Gasteiger partial charge in [0.15, 0.2) is 0 Å². The summed E-state index contributed by atoms with van der Waals surface area (Å²) < 4.78 is 5.76. The van der Waals surface area contributed by atoms with Crippen LogP contribution in [-0.2, 0) is 0 Å². The second kappa shape index (κ2) is 5.72. The van der Waals surface area contributed by atoms with E-state index in [0.29, 0.717) is 13.1 Å². The highest BCUT2D eigenvalue weighted by molar-refractivity contribution is 5.82. The number of para-hydroxylation sites is 1. The van der Waals surface area contributed by atoms with Gasteiger partial charge in [-0.1, -0.05) is 24.1 Å². The summed E-state index contributed by atoms with van der Waals surface area (Å²) in [7, 11) is 0. The van der Waals surface area contributed by atoms with Gasteiger partial charge in [-0.2, -0.15) is 0 Å². The van der Waals surface area contributed by atoms with E-state index in [1.807, 2.05) is 32.0 Å². The minimum absolute atomic E-state index is 0.0782. The molecule has 1 atom stereocenters. The molecule has 2 rings (SSSR count). The molecule has 1 unspecified atom stereocenters. The topological polar surface area (TPSA) is 51.2 Å². The van der Waals surface area contributed by atoms with E-state index in [2.05, 4.69) is 23.2 Å². The molecule has 0 aliphatic heterocycles. The van der Waals surface area contributed by atoms with Crippen molar-refractivity contribution >= 4 is 11.0 Å². The van der Waals surface area contributed by atoms with Crippen molar-refractivity contribution in [2.45, 2.75) is 19.9 Å². The van der Waals surface area contributed by atoms with Gasteiger partial charge in [-0.15, -0.1) is 5.92 Å². The maximum Gasteiger partial charge on any atom is 0.134 e. The molecule has 3 N–H and O–H groups in total. The molecule has 0 radical (unpaired) electrons. The molecule has 0 spiro atoms. The number of benzene rings is 1. The van der Waals surface area contributed by atoms with Crippen LogP contribution in [0.2, 0.25) is 0 Å². The molecule has 0 bridgehead atoms. The van der Waals surface area contributed by atoms with Crippen molar-refractivity contribution in [3.8, 4) is 11.8 Å². The quantitative estimate of drug-likeness (QED) is 0.809. The van der Waals surface area contributed by atoms with E-state index in [0.717, 1.165) is 22.3 Å². The Bertz CT molecular complexity index is 589. The number of nitrogens with two attached hydrogens (primary N) is 1. The summed E-state index contributed by atoms with van der Waals surface area (Å²) in [5, 5.41) is 4.47. The predicted molar refractivity (Wildman–Crippen MR) is 74.2 cm³/mol. The fourth-order valence-electron chi connectivity index (χ4n) is 2.19. The maximum absolute atomic E-state index is 5.85. The van der Waals surface area contributed by atoms with Gasteiger partial charge in [0.1, 0.15) is 11.3 Å². The number of hydrogen-bond donors (Lipinski definition) is 2. The largest absolute Gasteiger partial charge is 0.461 e. The molecular formula is C15H18N2O. The first-order chi connectivity index (χ1) is 8.77. The normalized spacial score (nSPS) is 12.2. The molecule has 1 heterocycles. The fraction of sp³-hybridized carbons (Fsp3) is 0.333. The third-order valence-corrected chi connectivity index (χ3v) is 3.02. The highest BCUT2D eigenvalue weighted by atomic mass is 16.3. The fourth-order valence-corrected chi connectivity index (χ4v) is 2.19. The van der Waals surface area contributed by atoms with E-state index in [9.17, 15) is 0 Å². The van der Waals surface area contributed by atoms with Crippen molar-refractivity contribution in [1.82, 2.24) is 5.32 Å². The maximum atomic E-state index is 5.85. The summed E-state index contributed by atoms with van der Waals surface area (Å²) in [6.07, 6.45) is 0. The second-order valence-corrected chi connectivity index (χ2v) is 4.16. The lowest BCUT2D eigenvalue weighted by molar-refractivity contribution is 0.535. The molecule has 18 heavy (non-hydrogen) atoms. The van der Waals surface area contributed by atoms with Gasteiger partial charge in [-0.05, 0) is 19.9 Å². The van der Waals surface area contributed by atoms with Gasteiger partial charge >= 0.3 is 0 Å². The van der Waals surface area contributed by atoms with Crippen molar-refractivity contribution < 1.29 is 4.42 Å². The van der Waals surface area contributed by atoms with Gasteiger partial charge in [-0.3, -0.25) is 5.32 Å². The van der Waals surface area contributed by atoms with Gasteiger partial charge in [0.25, 0.3) is 0 Å². The third kappa shape index (κ3) is 2.40. The predicted octanol–water partition coefficient (Wildman–Crippen LogP) is 2.35. The molecule has 3 heteroatoms. The Morgan fingerprint density at radius 1 is 1.39 bits per heavy atom. The van der Waals surface area contributed by atoms with Gasteiger partial charge in [0, 0.05) is 23.5 Å². The lowest BCUT2D eigenvalue weighted by Gasteiger charge is -2.15. The van der Waals surface area contributed by atoms with Crippen molar-refractivity contribution in [2.75, 3.05) is 13.1 Å². The summed E-state index contributed by atoms with van der Waals surface area (Å²) in [4.78, 5) is 0. The van der Waals surface area contributed by atoms with Crippen LogP contribution < -0.4 is 11.1 Å². The number of aryl methyl sites for hydroxylation is 1. The number of nitrogens with one attached hydrogen (secondary N) is 1. The van der Waals surface area contributed by atoms with Crippen molar-refractivity contribution in [3.63, 3.8) is 0 Å². The molecule has 0 saturated carbocycles. The Kier molecular flexibility index (Phi) is 4.03. The SMILES string of the molecule is CC#CCNC(CN)c1c(C)oc2ccccc12. The Balaban J connectivity index is 2.36. The number of rotatable bonds is 4. The first-order valence-electron chi connectivity index (χ1n) is 6.09. The molecule has 2 aromatic rings. The van der Waals surface area contributed by atoms with Crippen LogP contribution in [0.4, 0.5) is 0 Å². The summed E-state index contributed by atoms with van der Waals surface area (Å²) in [5.41, 5.74) is 7.91. The molecule has 0 fully saturated rings. The Morgan fingerprint density at radius 3 is 2.89 bits per heavy atom. The average Bonchev–Trinajstić information content (AvgIpc) is 2.71. The zero-order chi connectivity index (χ0) is 13.0. The van der Waals surface area contributed by atoms with Crippen LogP contribution >= 0.6 is 0 Å². The van der Waals surface area contributed by atoms with Crippen LogP contribution in [0.25, 0.3) is 11.0 Å². The number of fused-ring (bicyclic) bond motifs is 1. The van der Waals surface area contributed by atoms with Crippen LogP contribution in [-0.4, -0.2) is 13.1 Å². The van der Waals surface area contributed by atoms with Crippen LogP contribution in [0.15, 0.2) is 28.7 Å².